The van der Waals surface area contributed by atoms with Gasteiger partial charge in [-0.15, -0.1) is 0 Å². The summed E-state index contributed by atoms with van der Waals surface area (Å²) in [6.07, 6.45) is 21.8. The molecule has 2 aliphatic carbocycles. The van der Waals surface area contributed by atoms with Crippen LogP contribution in [0.25, 0.3) is 11.0 Å². The number of hydrogen-bond acceptors (Lipinski definition) is 4. The van der Waals surface area contributed by atoms with Crippen LogP contribution in [0.4, 0.5) is 0 Å². The van der Waals surface area contributed by atoms with Gasteiger partial charge in [-0.25, -0.2) is 8.42 Å². The first-order valence-corrected chi connectivity index (χ1v) is 17.1. The van der Waals surface area contributed by atoms with Crippen molar-refractivity contribution in [3.8, 4) is 0 Å². The molecule has 6 nitrogen and oxygen atoms in total. The number of fused-ring (bicyclic) bond motifs is 1. The lowest BCUT2D eigenvalue weighted by molar-refractivity contribution is -0.127. The monoisotopic (exact) mass is 561 g/mol. The quantitative estimate of drug-likeness (QED) is 0.262. The Kier molecular flexibility index (Phi) is 9.47. The van der Waals surface area contributed by atoms with Gasteiger partial charge in [0.15, 0.2) is 15.5 Å². The number of carbonyl (C=O) groups excluding carboxylic acids is 1. The minimum absolute atomic E-state index is 0.0239. The molecule has 40 heavy (non-hydrogen) atoms. The number of rotatable bonds is 11. The second-order valence-corrected chi connectivity index (χ2v) is 14.0. The van der Waals surface area contributed by atoms with Crippen LogP contribution in [0.3, 0.4) is 0 Å². The molecule has 1 atom stereocenters. The van der Waals surface area contributed by atoms with Gasteiger partial charge in [-0.05, 0) is 79.7 Å². The SMILES string of the molecule is CS(=O)(=O)c1ccc(CNC(=O)C(CCCCn2cc(C3CCCCC3)c3cc#cnc32)C2CCCCC2)cc1. The van der Waals surface area contributed by atoms with Crippen LogP contribution < -0.4 is 5.32 Å². The molecular weight excluding hydrogens is 518 g/mol. The van der Waals surface area contributed by atoms with Crippen LogP contribution in [0.15, 0.2) is 41.4 Å². The van der Waals surface area contributed by atoms with E-state index in [1.807, 2.05) is 0 Å². The number of carbonyl (C=O) groups is 1. The van der Waals surface area contributed by atoms with E-state index in [0.29, 0.717) is 23.3 Å². The third kappa shape index (κ3) is 7.07. The standard InChI is InChI=1S/C33H43N3O3S/c1-40(38,39)28-19-17-25(18-20-28)23-35-33(37)29(26-11-4-2-5-12-26)15-8-9-22-36-24-31(27-13-6-3-7-14-27)30-16-10-21-34-32(30)36/h16-20,24,26-27,29H,2-9,11-15,22-23H2,1H3,(H,35,37). The van der Waals surface area contributed by atoms with E-state index in [1.165, 1.54) is 68.6 Å². The molecule has 0 aliphatic heterocycles. The highest BCUT2D eigenvalue weighted by molar-refractivity contribution is 7.90. The lowest BCUT2D eigenvalue weighted by Crippen LogP contribution is -2.35. The zero-order chi connectivity index (χ0) is 28.0. The average Bonchev–Trinajstić information content (AvgIpc) is 3.35. The van der Waals surface area contributed by atoms with Crippen LogP contribution in [-0.2, 0) is 27.7 Å². The van der Waals surface area contributed by atoms with Crippen LogP contribution in [0.5, 0.6) is 0 Å². The normalized spacial score (nSPS) is 17.9. The van der Waals surface area contributed by atoms with Gasteiger partial charge < -0.3 is 9.88 Å². The molecule has 214 valence electrons. The fourth-order valence-corrected chi connectivity index (χ4v) is 7.52. The van der Waals surface area contributed by atoms with Gasteiger partial charge >= 0.3 is 0 Å². The highest BCUT2D eigenvalue weighted by atomic mass is 32.2. The van der Waals surface area contributed by atoms with Crippen LogP contribution in [0, 0.1) is 24.1 Å². The smallest absolute Gasteiger partial charge is 0.223 e. The van der Waals surface area contributed by atoms with Gasteiger partial charge in [-0.1, -0.05) is 57.1 Å². The molecule has 1 aromatic carbocycles. The van der Waals surface area contributed by atoms with E-state index in [4.69, 9.17) is 0 Å². The van der Waals surface area contributed by atoms with E-state index >= 15 is 0 Å². The summed E-state index contributed by atoms with van der Waals surface area (Å²) in [4.78, 5) is 18.3. The third-order valence-corrected chi connectivity index (χ3v) is 10.3. The van der Waals surface area contributed by atoms with Crippen LogP contribution in [0.1, 0.15) is 101 Å². The van der Waals surface area contributed by atoms with Gasteiger partial charge in [0.1, 0.15) is 0 Å². The Hall–Kier alpha value is -2.85. The molecule has 2 saturated carbocycles. The van der Waals surface area contributed by atoms with Crippen molar-refractivity contribution in [3.05, 3.63) is 59.9 Å². The number of sulfone groups is 1. The van der Waals surface area contributed by atoms with Crippen molar-refractivity contribution in [2.45, 2.75) is 107 Å². The van der Waals surface area contributed by atoms with Gasteiger partial charge in [0, 0.05) is 49.1 Å². The minimum Gasteiger partial charge on any atom is -0.352 e. The van der Waals surface area contributed by atoms with Gasteiger partial charge in [0.2, 0.25) is 5.91 Å². The minimum atomic E-state index is -3.23. The van der Waals surface area contributed by atoms with E-state index in [-0.39, 0.29) is 11.8 Å². The number of nitrogens with zero attached hydrogens (tertiary/aromatic N) is 2. The number of amides is 1. The van der Waals surface area contributed by atoms with Crippen molar-refractivity contribution in [2.75, 3.05) is 6.26 Å². The van der Waals surface area contributed by atoms with Gasteiger partial charge in [-0.3, -0.25) is 4.79 Å². The topological polar surface area (TPSA) is 81.1 Å². The predicted octanol–water partition coefficient (Wildman–Crippen LogP) is 6.77. The van der Waals surface area contributed by atoms with Crippen molar-refractivity contribution in [1.29, 1.82) is 0 Å². The zero-order valence-electron chi connectivity index (χ0n) is 23.8. The van der Waals surface area contributed by atoms with E-state index < -0.39 is 9.84 Å². The largest absolute Gasteiger partial charge is 0.352 e. The molecule has 1 N–H and O–H groups in total. The Labute approximate surface area is 239 Å². The highest BCUT2D eigenvalue weighted by Gasteiger charge is 2.29. The second kappa shape index (κ2) is 13.2. The molecule has 7 heteroatoms. The van der Waals surface area contributed by atoms with Gasteiger partial charge in [0.25, 0.3) is 0 Å². The molecule has 2 heterocycles. The Morgan fingerprint density at radius 3 is 2.42 bits per heavy atom. The summed E-state index contributed by atoms with van der Waals surface area (Å²) < 4.78 is 25.8. The molecule has 1 amide bonds. The predicted molar refractivity (Wildman–Crippen MR) is 159 cm³/mol. The Balaban J connectivity index is 1.19. The molecule has 2 aliphatic rings. The molecule has 3 aromatic rings. The van der Waals surface area contributed by atoms with Crippen LogP contribution >= 0.6 is 0 Å². The maximum atomic E-state index is 13.4. The maximum Gasteiger partial charge on any atom is 0.223 e. The lowest BCUT2D eigenvalue weighted by Gasteiger charge is -2.29. The van der Waals surface area contributed by atoms with E-state index in [9.17, 15) is 13.2 Å². The molecule has 1 unspecified atom stereocenters. The number of benzene rings is 1. The van der Waals surface area contributed by atoms with Gasteiger partial charge in [0.05, 0.1) is 4.90 Å². The molecule has 2 fully saturated rings. The number of nitrogens with one attached hydrogen (secondary N) is 1. The number of hydrogen-bond donors (Lipinski definition) is 1. The summed E-state index contributed by atoms with van der Waals surface area (Å²) in [5.41, 5.74) is 3.36. The van der Waals surface area contributed by atoms with E-state index in [0.717, 1.165) is 49.9 Å². The average molecular weight is 562 g/mol. The fourth-order valence-electron chi connectivity index (χ4n) is 6.89. The van der Waals surface area contributed by atoms with Crippen molar-refractivity contribution in [3.63, 3.8) is 0 Å². The summed E-state index contributed by atoms with van der Waals surface area (Å²) in [5.74, 6) is 1.23. The van der Waals surface area contributed by atoms with Crippen molar-refractivity contribution >= 4 is 26.8 Å². The molecule has 0 bridgehead atoms. The molecule has 2 aromatic heterocycles. The van der Waals surface area contributed by atoms with Gasteiger partial charge in [-0.2, -0.15) is 4.98 Å². The summed E-state index contributed by atoms with van der Waals surface area (Å²) in [6, 6.07) is 11.9. The Morgan fingerprint density at radius 1 is 1.02 bits per heavy atom. The molecule has 0 saturated heterocycles. The molecule has 0 spiro atoms. The van der Waals surface area contributed by atoms with Crippen molar-refractivity contribution in [1.82, 2.24) is 14.9 Å². The Bertz CT molecular complexity index is 1370. The zero-order valence-corrected chi connectivity index (χ0v) is 24.6. The van der Waals surface area contributed by atoms with Crippen LogP contribution in [0.2, 0.25) is 0 Å². The second-order valence-electron chi connectivity index (χ2n) is 12.0. The number of unbranched alkanes of at least 4 members (excludes halogenated alkanes) is 1. The number of aromatic nitrogens is 2. The molecule has 0 radical (unpaired) electrons. The highest BCUT2D eigenvalue weighted by Crippen LogP contribution is 2.37. The van der Waals surface area contributed by atoms with Crippen molar-refractivity contribution in [2.24, 2.45) is 11.8 Å². The van der Waals surface area contributed by atoms with E-state index in [2.05, 4.69) is 39.4 Å². The summed E-state index contributed by atoms with van der Waals surface area (Å²) in [5, 5.41) is 4.40. The maximum absolute atomic E-state index is 13.4. The Morgan fingerprint density at radius 2 is 1.73 bits per heavy atom. The lowest BCUT2D eigenvalue weighted by atomic mass is 9.77. The van der Waals surface area contributed by atoms with Crippen molar-refractivity contribution < 1.29 is 13.2 Å². The summed E-state index contributed by atoms with van der Waals surface area (Å²) in [6.45, 7) is 1.32. The molecular formula is C33H43N3O3S. The fraction of sp³-hybridized carbons (Fsp3) is 0.576. The first-order chi connectivity index (χ1) is 19.4. The first kappa shape index (κ1) is 28.7. The number of aryl methyl sites for hydroxylation is 1. The molecule has 5 rings (SSSR count). The third-order valence-electron chi connectivity index (χ3n) is 9.14. The van der Waals surface area contributed by atoms with Crippen LogP contribution in [-0.4, -0.2) is 30.1 Å². The first-order valence-electron chi connectivity index (χ1n) is 15.2. The summed E-state index contributed by atoms with van der Waals surface area (Å²) in [7, 11) is -3.23. The van der Waals surface area contributed by atoms with E-state index in [1.54, 1.807) is 24.3 Å². The summed E-state index contributed by atoms with van der Waals surface area (Å²) >= 11 is 0.